The first-order chi connectivity index (χ1) is 19.6. The topological polar surface area (TPSA) is 12.9 Å². The maximum atomic E-state index is 7.00. The summed E-state index contributed by atoms with van der Waals surface area (Å²) in [5.41, 5.74) is 3.11. The van der Waals surface area contributed by atoms with Gasteiger partial charge in [-0.05, 0) is 0 Å². The normalized spacial score (nSPS) is 16.6. The second kappa shape index (κ2) is 9.82. The molecule has 7 aromatic rings. The molecule has 197 valence electrons. The summed E-state index contributed by atoms with van der Waals surface area (Å²) in [6.07, 6.45) is 0. The van der Waals surface area contributed by atoms with Crippen molar-refractivity contribution in [2.75, 3.05) is 0 Å². The van der Waals surface area contributed by atoms with Crippen LogP contribution in [-0.2, 0) is 31.9 Å². The van der Waals surface area contributed by atoms with Gasteiger partial charge in [-0.15, -0.1) is 0 Å². The van der Waals surface area contributed by atoms with E-state index in [-0.39, 0.29) is 50.0 Å². The Morgan fingerprint density at radius 3 is 1.80 bits per heavy atom. The second-order valence-corrected chi connectivity index (χ2v) is 19.0. The van der Waals surface area contributed by atoms with Crippen molar-refractivity contribution in [3.63, 3.8) is 0 Å². The van der Waals surface area contributed by atoms with Gasteiger partial charge in [0, 0.05) is 20.1 Å². The summed E-state index contributed by atoms with van der Waals surface area (Å²) in [4.78, 5) is 5.06. The number of hydrogen-bond donors (Lipinski definition) is 0. The van der Waals surface area contributed by atoms with Crippen LogP contribution in [0.1, 0.15) is 0 Å². The number of rotatable bonds is 1. The summed E-state index contributed by atoms with van der Waals surface area (Å²) in [5, 5.41) is 10.5. The largest absolute Gasteiger partial charge is 0 e. The van der Waals surface area contributed by atoms with Gasteiger partial charge >= 0.3 is 252 Å². The zero-order valence-electron chi connectivity index (χ0n) is 21.4. The predicted molar refractivity (Wildman–Crippen MR) is 177 cm³/mol. The van der Waals surface area contributed by atoms with Crippen molar-refractivity contribution >= 4 is 114 Å². The molecule has 0 N–H and O–H groups in total. The summed E-state index contributed by atoms with van der Waals surface area (Å²) >= 11 is 7.29. The molecule has 3 heterocycles. The van der Waals surface area contributed by atoms with Crippen LogP contribution < -0.4 is 33.8 Å². The van der Waals surface area contributed by atoms with E-state index in [1.165, 1.54) is 55.3 Å². The van der Waals surface area contributed by atoms with Crippen molar-refractivity contribution in [3.05, 3.63) is 121 Å². The van der Waals surface area contributed by atoms with Crippen molar-refractivity contribution < 1.29 is 20.1 Å². The van der Waals surface area contributed by atoms with E-state index in [4.69, 9.17) is 16.8 Å². The number of nitrogens with zero attached hydrogens (tertiary/aromatic N) is 1. The number of para-hydroxylation sites is 1. The van der Waals surface area contributed by atoms with Gasteiger partial charge in [-0.3, -0.25) is 0 Å². The SMILES string of the molecule is S=P12c3cc4ccccc4cc3[Se]c3[c-]c(-c4ccc5ccccc5n4)cc(c31)[Se]c1cc3ccccc3cc12.[Ir]. The van der Waals surface area contributed by atoms with E-state index in [1.54, 1.807) is 0 Å². The first-order valence-corrected chi connectivity index (χ1v) is 19.4. The maximum Gasteiger partial charge on any atom is 0 e. The van der Waals surface area contributed by atoms with Crippen LogP contribution in [0.2, 0.25) is 0 Å². The fourth-order valence-electron chi connectivity index (χ4n) is 6.00. The smallest absolute Gasteiger partial charge is 0 e. The molecule has 9 rings (SSSR count). The Balaban J connectivity index is 0.00000256. The van der Waals surface area contributed by atoms with E-state index in [2.05, 4.69) is 121 Å². The van der Waals surface area contributed by atoms with Crippen LogP contribution in [-0.4, -0.2) is 34.9 Å². The minimum Gasteiger partial charge on any atom is 0 e. The average molecular weight is 867 g/mol. The van der Waals surface area contributed by atoms with Crippen molar-refractivity contribution in [1.29, 1.82) is 0 Å². The number of benzene rings is 6. The van der Waals surface area contributed by atoms with Crippen molar-refractivity contribution in [3.8, 4) is 11.3 Å². The van der Waals surface area contributed by atoms with Gasteiger partial charge in [-0.2, -0.15) is 0 Å². The van der Waals surface area contributed by atoms with Gasteiger partial charge in [0.25, 0.3) is 0 Å². The molecule has 1 radical (unpaired) electrons. The molecular weight excluding hydrogens is 848 g/mol. The Kier molecular flexibility index (Phi) is 6.28. The van der Waals surface area contributed by atoms with E-state index in [1.807, 2.05) is 0 Å². The van der Waals surface area contributed by atoms with Gasteiger partial charge in [-0.1, -0.05) is 0 Å². The van der Waals surface area contributed by atoms with Gasteiger partial charge < -0.3 is 0 Å². The zero-order chi connectivity index (χ0) is 26.4. The molecule has 2 aliphatic heterocycles. The zero-order valence-corrected chi connectivity index (χ0v) is 29.0. The number of aromatic nitrogens is 1. The Hall–Kier alpha value is -2.41. The Labute approximate surface area is 269 Å². The van der Waals surface area contributed by atoms with Gasteiger partial charge in [0.1, 0.15) is 0 Å². The molecule has 1 aromatic heterocycles. The quantitative estimate of drug-likeness (QED) is 0.142. The molecule has 6 aromatic carbocycles. The summed E-state index contributed by atoms with van der Waals surface area (Å²) < 4.78 is 5.62. The van der Waals surface area contributed by atoms with Crippen LogP contribution in [0.15, 0.2) is 115 Å². The minimum absolute atomic E-state index is 0. The molecule has 0 bridgehead atoms. The number of hydrogen-bond acceptors (Lipinski definition) is 2. The number of fused-ring (bicyclic) bond motifs is 7. The minimum atomic E-state index is -2.26. The molecule has 0 saturated carbocycles. The van der Waals surface area contributed by atoms with Crippen LogP contribution >= 0.6 is 6.04 Å². The molecule has 0 fully saturated rings. The summed E-state index contributed by atoms with van der Waals surface area (Å²) in [6.45, 7) is 0. The molecule has 6 heteroatoms. The van der Waals surface area contributed by atoms with Crippen LogP contribution in [0.5, 0.6) is 0 Å². The first-order valence-electron chi connectivity index (χ1n) is 13.1. The van der Waals surface area contributed by atoms with Gasteiger partial charge in [0.05, 0.1) is 0 Å². The van der Waals surface area contributed by atoms with E-state index in [0.717, 1.165) is 22.2 Å². The van der Waals surface area contributed by atoms with Gasteiger partial charge in [0.2, 0.25) is 0 Å². The van der Waals surface area contributed by atoms with Crippen molar-refractivity contribution in [2.45, 2.75) is 0 Å². The average Bonchev–Trinajstić information content (AvgIpc) is 2.99. The van der Waals surface area contributed by atoms with Gasteiger partial charge in [0.15, 0.2) is 0 Å². The second-order valence-electron chi connectivity index (χ2n) is 10.3. The van der Waals surface area contributed by atoms with Crippen LogP contribution in [0.25, 0.3) is 43.7 Å². The van der Waals surface area contributed by atoms with Crippen LogP contribution in [0.3, 0.4) is 0 Å². The molecule has 0 saturated heterocycles. The van der Waals surface area contributed by atoms with E-state index in [0.29, 0.717) is 0 Å². The Morgan fingerprint density at radius 1 is 0.585 bits per heavy atom. The maximum absolute atomic E-state index is 7.00. The molecular formula is C35H19IrNPSSe2-. The first kappa shape index (κ1) is 26.2. The molecule has 0 amide bonds. The van der Waals surface area contributed by atoms with Crippen molar-refractivity contribution in [2.24, 2.45) is 0 Å². The molecule has 1 atom stereocenters. The van der Waals surface area contributed by atoms with E-state index >= 15 is 0 Å². The predicted octanol–water partition coefficient (Wildman–Crippen LogP) is 3.70. The summed E-state index contributed by atoms with van der Waals surface area (Å²) in [6, 6.07) is 43.9. The van der Waals surface area contributed by atoms with E-state index < -0.39 is 6.04 Å². The fraction of sp³-hybridized carbons (Fsp3) is 0. The fourth-order valence-corrected chi connectivity index (χ4v) is 20.6. The molecule has 41 heavy (non-hydrogen) atoms. The Bertz CT molecular complexity index is 2170. The molecule has 0 aliphatic carbocycles. The molecule has 1 nitrogen and oxygen atoms in total. The number of pyridine rings is 1. The monoisotopic (exact) mass is 869 g/mol. The van der Waals surface area contributed by atoms with Crippen LogP contribution in [0, 0.1) is 6.07 Å². The summed E-state index contributed by atoms with van der Waals surface area (Å²) in [5.74, 6) is 0. The van der Waals surface area contributed by atoms with Crippen LogP contribution in [0.4, 0.5) is 0 Å². The Morgan fingerprint density at radius 2 is 1.15 bits per heavy atom. The van der Waals surface area contributed by atoms with Crippen molar-refractivity contribution in [1.82, 2.24) is 4.98 Å². The third-order valence-electron chi connectivity index (χ3n) is 7.93. The molecule has 0 spiro atoms. The molecule has 2 aliphatic rings. The third-order valence-corrected chi connectivity index (χ3v) is 18.8. The molecule has 1 unspecified atom stereocenters. The standard InChI is InChI=1S/C35H19NPSSe2.Ir/c38-37-29-15-22-8-1-3-10-24(22)17-31(29)39-33-19-26(28-14-13-21-7-5-6-12-27(21)36-28)20-34(35(33)37)40-32-18-25-11-4-2-9-23(25)16-30(32)37;/h1-19H;/q-1;. The summed E-state index contributed by atoms with van der Waals surface area (Å²) in [7, 11) is 0. The van der Waals surface area contributed by atoms with Gasteiger partial charge in [-0.25, -0.2) is 0 Å². The third kappa shape index (κ3) is 3.96. The van der Waals surface area contributed by atoms with E-state index in [9.17, 15) is 0 Å².